The molecule has 0 saturated carbocycles. The summed E-state index contributed by atoms with van der Waals surface area (Å²) >= 11 is 1.10. The van der Waals surface area contributed by atoms with E-state index in [1.165, 1.54) is 30.3 Å². The van der Waals surface area contributed by atoms with Gasteiger partial charge in [-0.05, 0) is 36.8 Å². The van der Waals surface area contributed by atoms with Crippen LogP contribution in [-0.4, -0.2) is 23.4 Å². The summed E-state index contributed by atoms with van der Waals surface area (Å²) in [6.45, 7) is 1.14. The van der Waals surface area contributed by atoms with Crippen molar-refractivity contribution in [3.05, 3.63) is 68.8 Å². The van der Waals surface area contributed by atoms with Crippen LogP contribution in [0.25, 0.3) is 10.1 Å². The average Bonchev–Trinajstić information content (AvgIpc) is 3.05. The van der Waals surface area contributed by atoms with Gasteiger partial charge < -0.3 is 10.1 Å². The molecule has 2 aromatic carbocycles. The second-order valence-electron chi connectivity index (χ2n) is 5.70. The van der Waals surface area contributed by atoms with Crippen molar-refractivity contribution in [1.82, 2.24) is 0 Å². The summed E-state index contributed by atoms with van der Waals surface area (Å²) in [5, 5.41) is 13.7. The van der Waals surface area contributed by atoms with Crippen molar-refractivity contribution < 1.29 is 23.6 Å². The number of anilines is 1. The first-order chi connectivity index (χ1) is 12.8. The molecule has 1 aromatic heterocycles. The number of nitrogens with zero attached hydrogens (tertiary/aromatic N) is 1. The Bertz CT molecular complexity index is 1060. The maximum Gasteiger partial charge on any atom is 0.348 e. The van der Waals surface area contributed by atoms with Crippen LogP contribution in [0, 0.1) is 22.9 Å². The lowest BCUT2D eigenvalue weighted by molar-refractivity contribution is -0.384. The summed E-state index contributed by atoms with van der Waals surface area (Å²) in [5.74, 6) is -2.00. The molecule has 0 aliphatic heterocycles. The van der Waals surface area contributed by atoms with Crippen LogP contribution in [0.3, 0.4) is 0 Å². The molecule has 0 spiro atoms. The number of esters is 1. The molecule has 0 unspecified atom stereocenters. The molecule has 0 aliphatic carbocycles. The van der Waals surface area contributed by atoms with E-state index in [2.05, 4.69) is 5.32 Å². The molecule has 9 heteroatoms. The molecule has 1 N–H and O–H groups in total. The molecule has 1 amide bonds. The zero-order chi connectivity index (χ0) is 19.6. The fourth-order valence-electron chi connectivity index (χ4n) is 2.35. The Morgan fingerprint density at radius 3 is 2.70 bits per heavy atom. The Morgan fingerprint density at radius 1 is 1.22 bits per heavy atom. The average molecular weight is 388 g/mol. The van der Waals surface area contributed by atoms with Gasteiger partial charge in [0.15, 0.2) is 6.61 Å². The van der Waals surface area contributed by atoms with Crippen LogP contribution in [-0.2, 0) is 9.53 Å². The molecule has 0 atom stereocenters. The van der Waals surface area contributed by atoms with Crippen molar-refractivity contribution in [1.29, 1.82) is 0 Å². The third kappa shape index (κ3) is 4.26. The Kier molecular flexibility index (Phi) is 5.13. The number of halogens is 1. The van der Waals surface area contributed by atoms with Crippen LogP contribution < -0.4 is 5.32 Å². The molecule has 0 fully saturated rings. The normalized spacial score (nSPS) is 10.6. The van der Waals surface area contributed by atoms with Gasteiger partial charge in [0.2, 0.25) is 0 Å². The Labute approximate surface area is 156 Å². The third-order valence-electron chi connectivity index (χ3n) is 3.64. The minimum absolute atomic E-state index is 0.00387. The highest BCUT2D eigenvalue weighted by atomic mass is 32.1. The lowest BCUT2D eigenvalue weighted by atomic mass is 10.2. The molecule has 3 rings (SSSR count). The van der Waals surface area contributed by atoms with Crippen LogP contribution in [0.1, 0.15) is 15.2 Å². The summed E-state index contributed by atoms with van der Waals surface area (Å²) in [7, 11) is 0. The van der Waals surface area contributed by atoms with E-state index < -0.39 is 29.2 Å². The van der Waals surface area contributed by atoms with Gasteiger partial charge in [-0.15, -0.1) is 11.3 Å². The highest BCUT2D eigenvalue weighted by molar-refractivity contribution is 7.20. The zero-order valence-corrected chi connectivity index (χ0v) is 14.8. The number of nitro groups is 1. The minimum atomic E-state index is -0.738. The number of fused-ring (bicyclic) bond motifs is 1. The van der Waals surface area contributed by atoms with E-state index in [-0.39, 0.29) is 16.3 Å². The second-order valence-corrected chi connectivity index (χ2v) is 6.78. The van der Waals surface area contributed by atoms with Crippen molar-refractivity contribution in [2.24, 2.45) is 0 Å². The van der Waals surface area contributed by atoms with Crippen LogP contribution in [0.2, 0.25) is 0 Å². The number of nitro benzene ring substituents is 1. The number of non-ortho nitro benzene ring substituents is 1. The van der Waals surface area contributed by atoms with E-state index in [1.54, 1.807) is 19.1 Å². The molecular weight excluding hydrogens is 375 g/mol. The summed E-state index contributed by atoms with van der Waals surface area (Å²) in [4.78, 5) is 34.4. The first-order valence-electron chi connectivity index (χ1n) is 7.74. The number of amides is 1. The first kappa shape index (κ1) is 18.5. The van der Waals surface area contributed by atoms with Gasteiger partial charge in [-0.3, -0.25) is 14.9 Å². The fraction of sp³-hybridized carbons (Fsp3) is 0.111. The quantitative estimate of drug-likeness (QED) is 0.404. The van der Waals surface area contributed by atoms with Gasteiger partial charge in [-0.2, -0.15) is 0 Å². The Hall–Kier alpha value is -3.33. The smallest absolute Gasteiger partial charge is 0.348 e. The molecule has 3 aromatic rings. The fourth-order valence-corrected chi connectivity index (χ4v) is 3.29. The van der Waals surface area contributed by atoms with Crippen molar-refractivity contribution in [3.8, 4) is 0 Å². The standard InChI is InChI=1S/C18H13FN2O5S/c1-10-2-4-14(13(19)6-10)20-17(22)9-26-18(23)16-8-11-7-12(21(24)25)3-5-15(11)27-16/h2-8H,9H2,1H3,(H,20,22). The number of hydrogen-bond acceptors (Lipinski definition) is 6. The summed E-state index contributed by atoms with van der Waals surface area (Å²) in [6, 6.07) is 10.0. The molecule has 0 radical (unpaired) electrons. The predicted octanol–water partition coefficient (Wildman–Crippen LogP) is 4.05. The van der Waals surface area contributed by atoms with Crippen LogP contribution in [0.4, 0.5) is 15.8 Å². The highest BCUT2D eigenvalue weighted by Crippen LogP contribution is 2.29. The monoisotopic (exact) mass is 388 g/mol. The number of benzene rings is 2. The largest absolute Gasteiger partial charge is 0.451 e. The van der Waals surface area contributed by atoms with Crippen LogP contribution >= 0.6 is 11.3 Å². The van der Waals surface area contributed by atoms with Crippen molar-refractivity contribution in [3.63, 3.8) is 0 Å². The van der Waals surface area contributed by atoms with Gasteiger partial charge in [0.1, 0.15) is 10.7 Å². The molecule has 1 heterocycles. The second kappa shape index (κ2) is 7.50. The topological polar surface area (TPSA) is 98.5 Å². The number of carbonyl (C=O) groups excluding carboxylic acids is 2. The molecule has 0 aliphatic rings. The van der Waals surface area contributed by atoms with Gasteiger partial charge in [-0.25, -0.2) is 9.18 Å². The van der Waals surface area contributed by atoms with E-state index >= 15 is 0 Å². The number of nitrogens with one attached hydrogen (secondary N) is 1. The zero-order valence-electron chi connectivity index (χ0n) is 14.0. The van der Waals surface area contributed by atoms with Gasteiger partial charge in [0.05, 0.1) is 10.6 Å². The molecular formula is C18H13FN2O5S. The summed E-state index contributed by atoms with van der Waals surface area (Å²) in [5.41, 5.74) is 0.623. The molecule has 7 nitrogen and oxygen atoms in total. The number of rotatable bonds is 5. The SMILES string of the molecule is Cc1ccc(NC(=O)COC(=O)c2cc3cc([N+](=O)[O-])ccc3s2)c(F)c1. The van der Waals surface area contributed by atoms with Gasteiger partial charge in [0.25, 0.3) is 11.6 Å². The molecule has 27 heavy (non-hydrogen) atoms. The van der Waals surface area contributed by atoms with Crippen LogP contribution in [0.15, 0.2) is 42.5 Å². The highest BCUT2D eigenvalue weighted by Gasteiger charge is 2.16. The van der Waals surface area contributed by atoms with Crippen molar-refractivity contribution in [2.75, 3.05) is 11.9 Å². The lowest BCUT2D eigenvalue weighted by Crippen LogP contribution is -2.21. The van der Waals surface area contributed by atoms with Gasteiger partial charge >= 0.3 is 5.97 Å². The van der Waals surface area contributed by atoms with E-state index in [1.807, 2.05) is 0 Å². The third-order valence-corrected chi connectivity index (χ3v) is 4.74. The maximum absolute atomic E-state index is 13.7. The predicted molar refractivity (Wildman–Crippen MR) is 98.5 cm³/mol. The van der Waals surface area contributed by atoms with Gasteiger partial charge in [-0.1, -0.05) is 6.07 Å². The lowest BCUT2D eigenvalue weighted by Gasteiger charge is -2.07. The summed E-state index contributed by atoms with van der Waals surface area (Å²) < 4.78 is 19.3. The number of ether oxygens (including phenoxy) is 1. The Balaban J connectivity index is 1.64. The van der Waals surface area contributed by atoms with Crippen molar-refractivity contribution in [2.45, 2.75) is 6.92 Å². The van der Waals surface area contributed by atoms with Crippen LogP contribution in [0.5, 0.6) is 0 Å². The van der Waals surface area contributed by atoms with Gasteiger partial charge in [0, 0.05) is 22.2 Å². The van der Waals surface area contributed by atoms with Crippen molar-refractivity contribution >= 4 is 44.7 Å². The summed E-state index contributed by atoms with van der Waals surface area (Å²) in [6.07, 6.45) is 0. The van der Waals surface area contributed by atoms with E-state index in [0.29, 0.717) is 15.6 Å². The maximum atomic E-state index is 13.7. The number of aryl methyl sites for hydroxylation is 1. The first-order valence-corrected chi connectivity index (χ1v) is 8.56. The molecule has 0 saturated heterocycles. The number of hydrogen-bond donors (Lipinski definition) is 1. The molecule has 138 valence electrons. The Morgan fingerprint density at radius 2 is 2.00 bits per heavy atom. The van der Waals surface area contributed by atoms with E-state index in [9.17, 15) is 24.1 Å². The molecule has 0 bridgehead atoms. The van der Waals surface area contributed by atoms with E-state index in [0.717, 1.165) is 11.3 Å². The minimum Gasteiger partial charge on any atom is -0.451 e. The van der Waals surface area contributed by atoms with E-state index in [4.69, 9.17) is 4.74 Å². The number of carbonyl (C=O) groups is 2. The number of thiophene rings is 1.